The maximum atomic E-state index is 14.3. The van der Waals surface area contributed by atoms with E-state index in [0.29, 0.717) is 24.0 Å². The van der Waals surface area contributed by atoms with Crippen molar-refractivity contribution in [3.05, 3.63) is 59.4 Å². The summed E-state index contributed by atoms with van der Waals surface area (Å²) in [6.07, 6.45) is 0.865. The lowest BCUT2D eigenvalue weighted by Gasteiger charge is -2.21. The van der Waals surface area contributed by atoms with Crippen LogP contribution in [0.4, 0.5) is 4.39 Å². The predicted molar refractivity (Wildman–Crippen MR) is 121 cm³/mol. The van der Waals surface area contributed by atoms with Gasteiger partial charge in [0.05, 0.1) is 25.7 Å². The highest BCUT2D eigenvalue weighted by atomic mass is 19.1. The van der Waals surface area contributed by atoms with Gasteiger partial charge in [-0.1, -0.05) is 26.0 Å². The molecule has 1 heterocycles. The first-order valence-corrected chi connectivity index (χ1v) is 10.9. The lowest BCUT2D eigenvalue weighted by Crippen LogP contribution is -2.36. The Kier molecular flexibility index (Phi) is 7.72. The smallest absolute Gasteiger partial charge is 0.256 e. The van der Waals surface area contributed by atoms with Crippen molar-refractivity contribution in [1.29, 1.82) is 0 Å². The summed E-state index contributed by atoms with van der Waals surface area (Å²) in [5.41, 5.74) is 0.796. The molecule has 0 bridgehead atoms. The predicted octanol–water partition coefficient (Wildman–Crippen LogP) is 3.86. The van der Waals surface area contributed by atoms with E-state index in [9.17, 15) is 14.0 Å². The maximum absolute atomic E-state index is 14.3. The molecule has 1 aliphatic rings. The summed E-state index contributed by atoms with van der Waals surface area (Å²) in [7, 11) is 3.14. The molecule has 7 heteroatoms. The fourth-order valence-corrected chi connectivity index (χ4v) is 4.10. The van der Waals surface area contributed by atoms with Crippen LogP contribution in [0.3, 0.4) is 0 Å². The first-order valence-electron chi connectivity index (χ1n) is 10.9. The third kappa shape index (κ3) is 5.21. The molecule has 0 saturated carbocycles. The zero-order valence-corrected chi connectivity index (χ0v) is 19.1. The molecule has 1 fully saturated rings. The van der Waals surface area contributed by atoms with Crippen molar-refractivity contribution in [2.45, 2.75) is 26.2 Å². The van der Waals surface area contributed by atoms with Crippen LogP contribution in [0, 0.1) is 17.7 Å². The molecule has 0 radical (unpaired) electrons. The number of nitrogens with one attached hydrogen (secondary N) is 1. The summed E-state index contributed by atoms with van der Waals surface area (Å²) < 4.78 is 25.2. The summed E-state index contributed by atoms with van der Waals surface area (Å²) in [6.45, 7) is 5.24. The van der Waals surface area contributed by atoms with Crippen molar-refractivity contribution in [3.63, 3.8) is 0 Å². The number of carbonyl (C=O) groups excluding carboxylic acids is 2. The minimum absolute atomic E-state index is 0.00437. The Bertz CT molecular complexity index is 963. The van der Waals surface area contributed by atoms with Crippen molar-refractivity contribution < 1.29 is 23.5 Å². The second-order valence-electron chi connectivity index (χ2n) is 8.48. The molecule has 0 aromatic heterocycles. The highest BCUT2D eigenvalue weighted by Crippen LogP contribution is 2.40. The Morgan fingerprint density at radius 3 is 2.53 bits per heavy atom. The van der Waals surface area contributed by atoms with Crippen molar-refractivity contribution in [2.75, 3.05) is 33.9 Å². The fraction of sp³-hybridized carbons (Fsp3) is 0.440. The summed E-state index contributed by atoms with van der Waals surface area (Å²) in [4.78, 5) is 27.8. The van der Waals surface area contributed by atoms with E-state index in [2.05, 4.69) is 19.2 Å². The second-order valence-corrected chi connectivity index (χ2v) is 8.48. The SMILES string of the molecule is COc1ccc(OC)c([C@H]2CN(C(=O)c3ccccc3F)C[C@@H]2C(=O)NCCC(C)C)c1. The first kappa shape index (κ1) is 23.6. The molecule has 0 spiro atoms. The third-order valence-electron chi connectivity index (χ3n) is 5.91. The fourth-order valence-electron chi connectivity index (χ4n) is 4.10. The van der Waals surface area contributed by atoms with E-state index >= 15 is 0 Å². The molecule has 32 heavy (non-hydrogen) atoms. The topological polar surface area (TPSA) is 67.9 Å². The molecule has 6 nitrogen and oxygen atoms in total. The second kappa shape index (κ2) is 10.5. The molecule has 3 rings (SSSR count). The van der Waals surface area contributed by atoms with E-state index in [1.54, 1.807) is 43.4 Å². The largest absolute Gasteiger partial charge is 0.497 e. The van der Waals surface area contributed by atoms with Crippen LogP contribution in [0.1, 0.15) is 42.1 Å². The van der Waals surface area contributed by atoms with Gasteiger partial charge < -0.3 is 19.7 Å². The van der Waals surface area contributed by atoms with Crippen molar-refractivity contribution in [3.8, 4) is 11.5 Å². The van der Waals surface area contributed by atoms with Gasteiger partial charge in [0.15, 0.2) is 0 Å². The monoisotopic (exact) mass is 442 g/mol. The van der Waals surface area contributed by atoms with Crippen molar-refractivity contribution >= 4 is 11.8 Å². The Hall–Kier alpha value is -3.09. The van der Waals surface area contributed by atoms with Crippen LogP contribution in [0.2, 0.25) is 0 Å². The van der Waals surface area contributed by atoms with Crippen LogP contribution in [0.5, 0.6) is 11.5 Å². The zero-order chi connectivity index (χ0) is 23.3. The molecule has 2 aromatic carbocycles. The van der Waals surface area contributed by atoms with Gasteiger partial charge in [0.1, 0.15) is 17.3 Å². The van der Waals surface area contributed by atoms with E-state index in [1.165, 1.54) is 12.1 Å². The lowest BCUT2D eigenvalue weighted by molar-refractivity contribution is -0.124. The molecule has 2 aromatic rings. The van der Waals surface area contributed by atoms with E-state index < -0.39 is 17.6 Å². The number of hydrogen-bond acceptors (Lipinski definition) is 4. The van der Waals surface area contributed by atoms with Gasteiger partial charge in [-0.2, -0.15) is 0 Å². The Morgan fingerprint density at radius 1 is 1.12 bits per heavy atom. The van der Waals surface area contributed by atoms with Crippen LogP contribution in [0.15, 0.2) is 42.5 Å². The number of hydrogen-bond donors (Lipinski definition) is 1. The average molecular weight is 443 g/mol. The zero-order valence-electron chi connectivity index (χ0n) is 19.1. The molecule has 0 unspecified atom stereocenters. The molecule has 2 atom stereocenters. The summed E-state index contributed by atoms with van der Waals surface area (Å²) in [5.74, 6) is -0.190. The Balaban J connectivity index is 1.92. The standard InChI is InChI=1S/C25H31FN2O4/c1-16(2)11-12-27-24(29)21-15-28(25(30)18-7-5-6-8-22(18)26)14-20(21)19-13-17(31-3)9-10-23(19)32-4/h5-10,13,16,20-21H,11-12,14-15H2,1-4H3,(H,27,29)/t20-,21+/m1/s1. The third-order valence-corrected chi connectivity index (χ3v) is 5.91. The minimum Gasteiger partial charge on any atom is -0.497 e. The molecule has 0 aliphatic carbocycles. The first-order chi connectivity index (χ1) is 15.3. The maximum Gasteiger partial charge on any atom is 0.256 e. The van der Waals surface area contributed by atoms with Crippen molar-refractivity contribution in [2.24, 2.45) is 11.8 Å². The van der Waals surface area contributed by atoms with E-state index in [4.69, 9.17) is 9.47 Å². The molecule has 2 amide bonds. The Labute approximate surface area is 188 Å². The minimum atomic E-state index is -0.571. The van der Waals surface area contributed by atoms with Crippen LogP contribution < -0.4 is 14.8 Å². The Morgan fingerprint density at radius 2 is 1.88 bits per heavy atom. The number of halogens is 1. The number of rotatable bonds is 8. The highest BCUT2D eigenvalue weighted by Gasteiger charge is 2.42. The van der Waals surface area contributed by atoms with Gasteiger partial charge in [0.25, 0.3) is 5.91 Å². The van der Waals surface area contributed by atoms with Crippen molar-refractivity contribution in [1.82, 2.24) is 10.2 Å². The van der Waals surface area contributed by atoms with Crippen LogP contribution in [0.25, 0.3) is 0 Å². The number of amides is 2. The molecule has 1 aliphatic heterocycles. The van der Waals surface area contributed by atoms with Gasteiger partial charge >= 0.3 is 0 Å². The molecular weight excluding hydrogens is 411 g/mol. The van der Waals surface area contributed by atoms with E-state index in [1.807, 2.05) is 6.07 Å². The van der Waals surface area contributed by atoms with Crippen LogP contribution in [-0.4, -0.2) is 50.6 Å². The van der Waals surface area contributed by atoms with Gasteiger partial charge in [-0.25, -0.2) is 4.39 Å². The van der Waals surface area contributed by atoms with Crippen LogP contribution >= 0.6 is 0 Å². The number of benzene rings is 2. The van der Waals surface area contributed by atoms with Gasteiger partial charge in [0, 0.05) is 31.1 Å². The van der Waals surface area contributed by atoms with Gasteiger partial charge in [0.2, 0.25) is 5.91 Å². The molecule has 1 saturated heterocycles. The van der Waals surface area contributed by atoms with Gasteiger partial charge in [-0.15, -0.1) is 0 Å². The quantitative estimate of drug-likeness (QED) is 0.674. The molecule has 1 N–H and O–H groups in total. The molecular formula is C25H31FN2O4. The van der Waals surface area contributed by atoms with E-state index in [-0.39, 0.29) is 30.5 Å². The summed E-state index contributed by atoms with van der Waals surface area (Å²) in [5, 5.41) is 3.01. The van der Waals surface area contributed by atoms with Gasteiger partial charge in [-0.05, 0) is 42.7 Å². The van der Waals surface area contributed by atoms with E-state index in [0.717, 1.165) is 12.0 Å². The number of nitrogens with zero attached hydrogens (tertiary/aromatic N) is 1. The number of likely N-dealkylation sites (tertiary alicyclic amines) is 1. The normalized spacial score (nSPS) is 18.0. The van der Waals surface area contributed by atoms with Gasteiger partial charge in [-0.3, -0.25) is 9.59 Å². The highest BCUT2D eigenvalue weighted by molar-refractivity contribution is 5.95. The summed E-state index contributed by atoms with van der Waals surface area (Å²) >= 11 is 0. The average Bonchev–Trinajstić information content (AvgIpc) is 3.23. The number of ether oxygens (including phenoxy) is 2. The number of carbonyl (C=O) groups is 2. The lowest BCUT2D eigenvalue weighted by atomic mass is 9.87. The molecule has 172 valence electrons. The summed E-state index contributed by atoms with van der Waals surface area (Å²) in [6, 6.07) is 11.3. The number of methoxy groups -OCH3 is 2. The van der Waals surface area contributed by atoms with Crippen LogP contribution in [-0.2, 0) is 4.79 Å².